The summed E-state index contributed by atoms with van der Waals surface area (Å²) in [5.74, 6) is 3.26. The predicted octanol–water partition coefficient (Wildman–Crippen LogP) is 14.3. The van der Waals surface area contributed by atoms with Gasteiger partial charge in [-0.3, -0.25) is 0 Å². The van der Waals surface area contributed by atoms with Crippen LogP contribution in [0.1, 0.15) is 48.8 Å². The zero-order valence-corrected chi connectivity index (χ0v) is 30.9. The SMILES string of the molecule is Cc1ccc(N(c2ccc(-c3ccccc3)cc2)c2ccc3cc(-c4ccc5c(c4)C4(c6cc(Cl)ccc6-5)C5CC6CC(C5)CC4C6)ccc3c2)cc1. The quantitative estimate of drug-likeness (QED) is 0.172. The van der Waals surface area contributed by atoms with Gasteiger partial charge in [-0.1, -0.05) is 108 Å². The van der Waals surface area contributed by atoms with Crippen LogP contribution in [0.3, 0.4) is 0 Å². The first-order valence-electron chi connectivity index (χ1n) is 19.5. The van der Waals surface area contributed by atoms with Crippen LogP contribution in [0.4, 0.5) is 17.1 Å². The summed E-state index contributed by atoms with van der Waals surface area (Å²) in [7, 11) is 0. The molecule has 53 heavy (non-hydrogen) atoms. The molecular formula is C51H42ClN. The minimum absolute atomic E-state index is 0.101. The Labute approximate surface area is 317 Å². The Morgan fingerprint density at radius 1 is 0.472 bits per heavy atom. The van der Waals surface area contributed by atoms with E-state index in [1.165, 1.54) is 87.4 Å². The van der Waals surface area contributed by atoms with E-state index in [0.717, 1.165) is 33.9 Å². The minimum atomic E-state index is 0.101. The molecule has 0 radical (unpaired) electrons. The molecule has 1 nitrogen and oxygen atoms in total. The van der Waals surface area contributed by atoms with Gasteiger partial charge in [0.25, 0.3) is 0 Å². The standard InChI is InChI=1S/C51H42ClN/c1-32-7-16-44(17-8-32)53(45-18-11-36(12-19-45)35-5-3-2-4-6-35)46-20-13-38-28-37(9-10-39(38)29-46)40-14-21-47-48-22-15-43(52)31-50(48)51(49(47)30-40)41-24-33-23-34(26-41)27-42(51)25-33/h2-22,28-31,33-34,41-42H,23-27H2,1H3. The van der Waals surface area contributed by atoms with E-state index in [2.05, 4.69) is 163 Å². The van der Waals surface area contributed by atoms with E-state index in [1.807, 2.05) is 0 Å². The number of halogens is 1. The molecule has 0 heterocycles. The zero-order chi connectivity index (χ0) is 35.3. The van der Waals surface area contributed by atoms with Crippen molar-refractivity contribution in [1.82, 2.24) is 0 Å². The molecule has 0 aliphatic heterocycles. The molecule has 1 spiro atoms. The molecule has 4 saturated carbocycles. The van der Waals surface area contributed by atoms with E-state index in [0.29, 0.717) is 11.8 Å². The van der Waals surface area contributed by atoms with Gasteiger partial charge in [0.1, 0.15) is 0 Å². The molecule has 7 aromatic carbocycles. The van der Waals surface area contributed by atoms with E-state index in [4.69, 9.17) is 11.6 Å². The van der Waals surface area contributed by atoms with Crippen molar-refractivity contribution in [2.75, 3.05) is 4.90 Å². The van der Waals surface area contributed by atoms with E-state index in [9.17, 15) is 0 Å². The van der Waals surface area contributed by atoms with Gasteiger partial charge in [-0.15, -0.1) is 0 Å². The molecule has 2 heteroatoms. The summed E-state index contributed by atoms with van der Waals surface area (Å²) in [6, 6.07) is 56.5. The number of rotatable bonds is 5. The van der Waals surface area contributed by atoms with Gasteiger partial charge in [-0.05, 0) is 179 Å². The lowest BCUT2D eigenvalue weighted by Crippen LogP contribution is -2.55. The molecule has 12 rings (SSSR count). The Morgan fingerprint density at radius 3 is 1.72 bits per heavy atom. The molecule has 5 aliphatic carbocycles. The molecule has 7 aromatic rings. The summed E-state index contributed by atoms with van der Waals surface area (Å²) in [5.41, 5.74) is 15.8. The fraction of sp³-hybridized carbons (Fsp3) is 0.216. The number of fused-ring (bicyclic) bond motifs is 4. The van der Waals surface area contributed by atoms with Gasteiger partial charge in [0.15, 0.2) is 0 Å². The second kappa shape index (κ2) is 12.0. The highest BCUT2D eigenvalue weighted by molar-refractivity contribution is 6.30. The molecule has 4 bridgehead atoms. The van der Waals surface area contributed by atoms with Crippen LogP contribution in [0.2, 0.25) is 5.02 Å². The molecule has 0 amide bonds. The van der Waals surface area contributed by atoms with E-state index in [-0.39, 0.29) is 5.41 Å². The zero-order valence-electron chi connectivity index (χ0n) is 30.1. The van der Waals surface area contributed by atoms with Crippen LogP contribution in [0.15, 0.2) is 152 Å². The monoisotopic (exact) mass is 703 g/mol. The highest BCUT2D eigenvalue weighted by Crippen LogP contribution is 2.69. The van der Waals surface area contributed by atoms with Crippen molar-refractivity contribution < 1.29 is 0 Å². The first-order valence-corrected chi connectivity index (χ1v) is 19.9. The maximum absolute atomic E-state index is 6.78. The van der Waals surface area contributed by atoms with Crippen LogP contribution in [-0.2, 0) is 5.41 Å². The Kier molecular flexibility index (Phi) is 7.09. The highest BCUT2D eigenvalue weighted by atomic mass is 35.5. The summed E-state index contributed by atoms with van der Waals surface area (Å²) in [6.07, 6.45) is 6.95. The lowest BCUT2D eigenvalue weighted by molar-refractivity contribution is -0.0399. The van der Waals surface area contributed by atoms with Crippen LogP contribution in [0.25, 0.3) is 44.2 Å². The average molecular weight is 704 g/mol. The molecule has 0 unspecified atom stereocenters. The number of nitrogens with zero attached hydrogens (tertiary/aromatic N) is 1. The van der Waals surface area contributed by atoms with Crippen molar-refractivity contribution in [2.24, 2.45) is 23.7 Å². The van der Waals surface area contributed by atoms with Crippen LogP contribution < -0.4 is 4.90 Å². The normalized spacial score (nSPS) is 23.4. The second-order valence-corrected chi connectivity index (χ2v) is 16.9. The molecule has 0 aromatic heterocycles. The van der Waals surface area contributed by atoms with Crippen molar-refractivity contribution in [2.45, 2.75) is 44.4 Å². The largest absolute Gasteiger partial charge is 0.310 e. The first-order chi connectivity index (χ1) is 26.0. The van der Waals surface area contributed by atoms with Gasteiger partial charge in [-0.25, -0.2) is 0 Å². The number of benzene rings is 7. The Balaban J connectivity index is 0.978. The van der Waals surface area contributed by atoms with Gasteiger partial charge < -0.3 is 4.90 Å². The smallest absolute Gasteiger partial charge is 0.0468 e. The molecule has 258 valence electrons. The molecule has 0 saturated heterocycles. The third-order valence-corrected chi connectivity index (χ3v) is 13.8. The molecule has 0 atom stereocenters. The fourth-order valence-electron chi connectivity index (χ4n) is 11.5. The number of anilines is 3. The third-order valence-electron chi connectivity index (χ3n) is 13.5. The van der Waals surface area contributed by atoms with E-state index in [1.54, 1.807) is 5.56 Å². The van der Waals surface area contributed by atoms with Crippen molar-refractivity contribution in [3.63, 3.8) is 0 Å². The highest BCUT2D eigenvalue weighted by Gasteiger charge is 2.61. The van der Waals surface area contributed by atoms with Crippen LogP contribution in [0.5, 0.6) is 0 Å². The molecule has 5 aliphatic rings. The summed E-state index contributed by atoms with van der Waals surface area (Å²) in [4.78, 5) is 2.37. The van der Waals surface area contributed by atoms with Crippen LogP contribution >= 0.6 is 11.6 Å². The van der Waals surface area contributed by atoms with Crippen molar-refractivity contribution in [3.8, 4) is 33.4 Å². The van der Waals surface area contributed by atoms with Gasteiger partial charge in [0.2, 0.25) is 0 Å². The van der Waals surface area contributed by atoms with Gasteiger partial charge in [0, 0.05) is 27.5 Å². The van der Waals surface area contributed by atoms with Gasteiger partial charge in [-0.2, -0.15) is 0 Å². The van der Waals surface area contributed by atoms with Crippen molar-refractivity contribution >= 4 is 39.4 Å². The molecular weight excluding hydrogens is 662 g/mol. The first kappa shape index (κ1) is 31.4. The second-order valence-electron chi connectivity index (χ2n) is 16.5. The maximum atomic E-state index is 6.78. The van der Waals surface area contributed by atoms with Crippen LogP contribution in [-0.4, -0.2) is 0 Å². The Bertz CT molecular complexity index is 2500. The van der Waals surface area contributed by atoms with Crippen molar-refractivity contribution in [1.29, 1.82) is 0 Å². The average Bonchev–Trinajstić information content (AvgIpc) is 3.47. The maximum Gasteiger partial charge on any atom is 0.0468 e. The predicted molar refractivity (Wildman–Crippen MR) is 223 cm³/mol. The van der Waals surface area contributed by atoms with Crippen molar-refractivity contribution in [3.05, 3.63) is 173 Å². The summed E-state index contributed by atoms with van der Waals surface area (Å²) in [5, 5.41) is 3.38. The van der Waals surface area contributed by atoms with Gasteiger partial charge >= 0.3 is 0 Å². The summed E-state index contributed by atoms with van der Waals surface area (Å²) >= 11 is 6.78. The topological polar surface area (TPSA) is 3.24 Å². The lowest BCUT2D eigenvalue weighted by Gasteiger charge is -2.61. The molecule has 4 fully saturated rings. The third kappa shape index (κ3) is 4.90. The Hall–Kier alpha value is -5.11. The Morgan fingerprint density at radius 2 is 1.00 bits per heavy atom. The lowest BCUT2D eigenvalue weighted by atomic mass is 9.43. The number of hydrogen-bond acceptors (Lipinski definition) is 1. The summed E-state index contributed by atoms with van der Waals surface area (Å²) in [6.45, 7) is 2.15. The molecule has 0 N–H and O–H groups in total. The van der Waals surface area contributed by atoms with E-state index >= 15 is 0 Å². The summed E-state index contributed by atoms with van der Waals surface area (Å²) < 4.78 is 0. The van der Waals surface area contributed by atoms with E-state index < -0.39 is 0 Å². The minimum Gasteiger partial charge on any atom is -0.310 e. The van der Waals surface area contributed by atoms with Gasteiger partial charge in [0.05, 0.1) is 0 Å². The number of hydrogen-bond donors (Lipinski definition) is 0. The number of aryl methyl sites for hydroxylation is 1. The van der Waals surface area contributed by atoms with Crippen LogP contribution in [0, 0.1) is 30.6 Å². The fourth-order valence-corrected chi connectivity index (χ4v) is 11.6.